The van der Waals surface area contributed by atoms with E-state index in [1.54, 1.807) is 4.90 Å². The van der Waals surface area contributed by atoms with Crippen molar-refractivity contribution in [2.24, 2.45) is 0 Å². The number of amides is 1. The molecule has 0 saturated heterocycles. The molecule has 1 heterocycles. The van der Waals surface area contributed by atoms with Crippen molar-refractivity contribution in [2.75, 3.05) is 20.1 Å². The number of hydrogen-bond acceptors (Lipinski definition) is 3. The maximum atomic E-state index is 11.6. The van der Waals surface area contributed by atoms with Crippen LogP contribution in [-0.2, 0) is 16.9 Å². The van der Waals surface area contributed by atoms with Gasteiger partial charge in [-0.1, -0.05) is 0 Å². The molecule has 5 heteroatoms. The first kappa shape index (κ1) is 14.7. The summed E-state index contributed by atoms with van der Waals surface area (Å²) in [5.74, 6) is 0.112. The van der Waals surface area contributed by atoms with Gasteiger partial charge in [-0.2, -0.15) is 5.10 Å². The van der Waals surface area contributed by atoms with Crippen LogP contribution < -0.4 is 5.32 Å². The smallest absolute Gasteiger partial charge is 0.236 e. The average molecular weight is 252 g/mol. The SMILES string of the molecule is CCN(C)C(=O)CNCc1cnn(C(C)(C)C)c1. The van der Waals surface area contributed by atoms with Gasteiger partial charge in [0.1, 0.15) is 0 Å². The zero-order valence-electron chi connectivity index (χ0n) is 12.0. The molecule has 1 N–H and O–H groups in total. The van der Waals surface area contributed by atoms with Gasteiger partial charge in [0.15, 0.2) is 0 Å². The van der Waals surface area contributed by atoms with Crippen molar-refractivity contribution >= 4 is 5.91 Å². The summed E-state index contributed by atoms with van der Waals surface area (Å²) in [5.41, 5.74) is 1.09. The number of carbonyl (C=O) groups is 1. The number of hydrogen-bond donors (Lipinski definition) is 1. The van der Waals surface area contributed by atoms with Gasteiger partial charge in [0.2, 0.25) is 5.91 Å². The zero-order chi connectivity index (χ0) is 13.8. The molecule has 0 aliphatic carbocycles. The third kappa shape index (κ3) is 4.14. The van der Waals surface area contributed by atoms with Crippen LogP contribution >= 0.6 is 0 Å². The quantitative estimate of drug-likeness (QED) is 0.857. The molecule has 0 unspecified atom stereocenters. The molecule has 102 valence electrons. The number of rotatable bonds is 5. The first-order valence-corrected chi connectivity index (χ1v) is 6.33. The molecular formula is C13H24N4O. The van der Waals surface area contributed by atoms with Crippen LogP contribution in [0.1, 0.15) is 33.3 Å². The molecule has 1 aromatic rings. The van der Waals surface area contributed by atoms with Gasteiger partial charge in [0, 0.05) is 31.9 Å². The highest BCUT2D eigenvalue weighted by atomic mass is 16.2. The van der Waals surface area contributed by atoms with E-state index in [1.807, 2.05) is 31.0 Å². The van der Waals surface area contributed by atoms with Crippen LogP contribution in [0, 0.1) is 0 Å². The van der Waals surface area contributed by atoms with Crippen LogP contribution in [0.25, 0.3) is 0 Å². The van der Waals surface area contributed by atoms with Crippen LogP contribution in [0.15, 0.2) is 12.4 Å². The third-order valence-corrected chi connectivity index (χ3v) is 2.83. The van der Waals surface area contributed by atoms with Gasteiger partial charge in [0.25, 0.3) is 0 Å². The lowest BCUT2D eigenvalue weighted by molar-refractivity contribution is -0.128. The van der Waals surface area contributed by atoms with E-state index in [4.69, 9.17) is 0 Å². The van der Waals surface area contributed by atoms with Crippen molar-refractivity contribution < 1.29 is 4.79 Å². The second-order valence-electron chi connectivity index (χ2n) is 5.48. The van der Waals surface area contributed by atoms with E-state index >= 15 is 0 Å². The summed E-state index contributed by atoms with van der Waals surface area (Å²) in [6.45, 7) is 10.1. The summed E-state index contributed by atoms with van der Waals surface area (Å²) in [5, 5.41) is 7.45. The van der Waals surface area contributed by atoms with Crippen molar-refractivity contribution in [3.63, 3.8) is 0 Å². The van der Waals surface area contributed by atoms with Crippen molar-refractivity contribution in [3.05, 3.63) is 18.0 Å². The highest BCUT2D eigenvalue weighted by Gasteiger charge is 2.13. The highest BCUT2D eigenvalue weighted by Crippen LogP contribution is 2.12. The Kier molecular flexibility index (Phi) is 4.90. The fourth-order valence-electron chi connectivity index (χ4n) is 1.44. The minimum atomic E-state index is -0.00347. The first-order valence-electron chi connectivity index (χ1n) is 6.33. The molecule has 1 amide bonds. The first-order chi connectivity index (χ1) is 8.34. The molecule has 0 bridgehead atoms. The molecule has 0 atom stereocenters. The monoisotopic (exact) mass is 252 g/mol. The van der Waals surface area contributed by atoms with E-state index in [-0.39, 0.29) is 11.4 Å². The Bertz CT molecular complexity index is 392. The molecule has 0 saturated carbocycles. The maximum Gasteiger partial charge on any atom is 0.236 e. The van der Waals surface area contributed by atoms with Gasteiger partial charge in [-0.25, -0.2) is 0 Å². The molecule has 0 aromatic carbocycles. The summed E-state index contributed by atoms with van der Waals surface area (Å²) in [6, 6.07) is 0. The van der Waals surface area contributed by atoms with E-state index in [9.17, 15) is 4.79 Å². The van der Waals surface area contributed by atoms with E-state index in [0.29, 0.717) is 13.1 Å². The number of nitrogens with zero attached hydrogens (tertiary/aromatic N) is 3. The summed E-state index contributed by atoms with van der Waals surface area (Å²) < 4.78 is 1.93. The Morgan fingerprint density at radius 3 is 2.67 bits per heavy atom. The normalized spacial score (nSPS) is 11.6. The highest BCUT2D eigenvalue weighted by molar-refractivity contribution is 5.77. The second kappa shape index (κ2) is 6.00. The van der Waals surface area contributed by atoms with Gasteiger partial charge >= 0.3 is 0 Å². The van der Waals surface area contributed by atoms with E-state index in [0.717, 1.165) is 12.1 Å². The van der Waals surface area contributed by atoms with Gasteiger partial charge in [-0.15, -0.1) is 0 Å². The number of likely N-dealkylation sites (N-methyl/N-ethyl adjacent to an activating group) is 1. The fraction of sp³-hybridized carbons (Fsp3) is 0.692. The molecule has 0 aliphatic rings. The van der Waals surface area contributed by atoms with Crippen LogP contribution in [0.4, 0.5) is 0 Å². The molecule has 1 rings (SSSR count). The molecule has 18 heavy (non-hydrogen) atoms. The number of nitrogens with one attached hydrogen (secondary N) is 1. The summed E-state index contributed by atoms with van der Waals surface area (Å²) in [6.07, 6.45) is 3.85. The van der Waals surface area contributed by atoms with Gasteiger partial charge in [0.05, 0.1) is 18.3 Å². The Hall–Kier alpha value is -1.36. The minimum Gasteiger partial charge on any atom is -0.345 e. The van der Waals surface area contributed by atoms with E-state index in [2.05, 4.69) is 31.2 Å². The summed E-state index contributed by atoms with van der Waals surface area (Å²) in [7, 11) is 1.81. The third-order valence-electron chi connectivity index (χ3n) is 2.83. The average Bonchev–Trinajstić information content (AvgIpc) is 2.76. The van der Waals surface area contributed by atoms with Crippen molar-refractivity contribution in [2.45, 2.75) is 39.8 Å². The van der Waals surface area contributed by atoms with E-state index in [1.165, 1.54) is 0 Å². The lowest BCUT2D eigenvalue weighted by atomic mass is 10.1. The topological polar surface area (TPSA) is 50.2 Å². The van der Waals surface area contributed by atoms with Crippen LogP contribution in [0.3, 0.4) is 0 Å². The lowest BCUT2D eigenvalue weighted by Crippen LogP contribution is -2.35. The number of aromatic nitrogens is 2. The molecule has 1 aromatic heterocycles. The molecule has 5 nitrogen and oxygen atoms in total. The van der Waals surface area contributed by atoms with E-state index < -0.39 is 0 Å². The van der Waals surface area contributed by atoms with Crippen molar-refractivity contribution in [1.29, 1.82) is 0 Å². The molecule has 0 aliphatic heterocycles. The van der Waals surface area contributed by atoms with Crippen LogP contribution in [-0.4, -0.2) is 40.7 Å². The molecule has 0 fully saturated rings. The molecular weight excluding hydrogens is 228 g/mol. The van der Waals surface area contributed by atoms with Gasteiger partial charge in [-0.05, 0) is 27.7 Å². The Morgan fingerprint density at radius 2 is 2.17 bits per heavy atom. The van der Waals surface area contributed by atoms with Gasteiger partial charge in [-0.3, -0.25) is 9.48 Å². The summed E-state index contributed by atoms with van der Waals surface area (Å²) in [4.78, 5) is 13.3. The predicted molar refractivity (Wildman–Crippen MR) is 72.2 cm³/mol. The van der Waals surface area contributed by atoms with Crippen LogP contribution in [0.5, 0.6) is 0 Å². The largest absolute Gasteiger partial charge is 0.345 e. The predicted octanol–water partition coefficient (Wildman–Crippen LogP) is 1.21. The lowest BCUT2D eigenvalue weighted by Gasteiger charge is -2.18. The summed E-state index contributed by atoms with van der Waals surface area (Å²) >= 11 is 0. The number of carbonyl (C=O) groups excluding carboxylic acids is 1. The Morgan fingerprint density at radius 1 is 1.50 bits per heavy atom. The molecule has 0 radical (unpaired) electrons. The van der Waals surface area contributed by atoms with Crippen LogP contribution in [0.2, 0.25) is 0 Å². The fourth-order valence-corrected chi connectivity index (χ4v) is 1.44. The Balaban J connectivity index is 2.41. The Labute approximate surface area is 109 Å². The second-order valence-corrected chi connectivity index (χ2v) is 5.48. The van der Waals surface area contributed by atoms with Crippen molar-refractivity contribution in [1.82, 2.24) is 20.0 Å². The van der Waals surface area contributed by atoms with Gasteiger partial charge < -0.3 is 10.2 Å². The minimum absolute atomic E-state index is 0.00347. The zero-order valence-corrected chi connectivity index (χ0v) is 12.0. The van der Waals surface area contributed by atoms with Crippen molar-refractivity contribution in [3.8, 4) is 0 Å². The maximum absolute atomic E-state index is 11.6. The standard InChI is InChI=1S/C13H24N4O/c1-6-16(5)12(18)9-14-7-11-8-15-17(10-11)13(2,3)4/h8,10,14H,6-7,9H2,1-5H3. The molecule has 0 spiro atoms.